The zero-order valence-corrected chi connectivity index (χ0v) is 21.2. The van der Waals surface area contributed by atoms with Crippen LogP contribution in [-0.2, 0) is 16.6 Å². The van der Waals surface area contributed by atoms with E-state index in [-0.39, 0.29) is 54.1 Å². The number of amides is 2. The molecule has 3 aromatic rings. The molecule has 2 aromatic carbocycles. The monoisotopic (exact) mass is 548 g/mol. The Morgan fingerprint density at radius 1 is 1.00 bits per heavy atom. The maximum atomic E-state index is 13.1. The van der Waals surface area contributed by atoms with Gasteiger partial charge in [-0.15, -0.1) is 11.3 Å². The van der Waals surface area contributed by atoms with Gasteiger partial charge in [-0.25, -0.2) is 8.42 Å². The maximum Gasteiger partial charge on any atom is 0.282 e. The predicted molar refractivity (Wildman–Crippen MR) is 135 cm³/mol. The van der Waals surface area contributed by atoms with E-state index in [0.29, 0.717) is 15.5 Å². The van der Waals surface area contributed by atoms with Crippen molar-refractivity contribution in [2.75, 3.05) is 26.2 Å². The van der Waals surface area contributed by atoms with Crippen molar-refractivity contribution in [3.63, 3.8) is 0 Å². The first-order chi connectivity index (χ1) is 17.2. The van der Waals surface area contributed by atoms with Crippen molar-refractivity contribution in [1.29, 1.82) is 0 Å². The average molecular weight is 549 g/mol. The van der Waals surface area contributed by atoms with Crippen LogP contribution in [0.2, 0.25) is 5.02 Å². The van der Waals surface area contributed by atoms with Crippen molar-refractivity contribution in [1.82, 2.24) is 14.5 Å². The molecule has 0 aliphatic carbocycles. The maximum absolute atomic E-state index is 13.1. The largest absolute Gasteiger partial charge is 0.347 e. The van der Waals surface area contributed by atoms with Crippen molar-refractivity contribution in [2.45, 2.75) is 10.8 Å². The van der Waals surface area contributed by atoms with Crippen molar-refractivity contribution in [3.8, 4) is 0 Å². The van der Waals surface area contributed by atoms with Gasteiger partial charge in [-0.1, -0.05) is 23.7 Å². The molecule has 1 N–H and O–H groups in total. The minimum absolute atomic E-state index is 0.0256. The van der Waals surface area contributed by atoms with E-state index in [1.54, 1.807) is 36.4 Å². The van der Waals surface area contributed by atoms with Crippen molar-refractivity contribution < 1.29 is 22.9 Å². The quantitative estimate of drug-likeness (QED) is 0.356. The molecule has 1 fully saturated rings. The van der Waals surface area contributed by atoms with Crippen molar-refractivity contribution >= 4 is 50.5 Å². The highest BCUT2D eigenvalue weighted by atomic mass is 35.5. The van der Waals surface area contributed by atoms with Crippen LogP contribution in [0, 0.1) is 10.1 Å². The van der Waals surface area contributed by atoms with Crippen LogP contribution in [0.15, 0.2) is 64.9 Å². The van der Waals surface area contributed by atoms with E-state index in [2.05, 4.69) is 5.32 Å². The number of nitrogens with zero attached hydrogens (tertiary/aromatic N) is 3. The number of hydrogen-bond acceptors (Lipinski definition) is 7. The molecule has 0 unspecified atom stereocenters. The number of nitro groups is 1. The topological polar surface area (TPSA) is 130 Å². The van der Waals surface area contributed by atoms with Crippen LogP contribution >= 0.6 is 22.9 Å². The standard InChI is InChI=1S/C23H21ClN4O6S2/c24-17-7-5-16(6-8-17)22(29)25-15-18-9-10-21(35-18)36(33,34)27-13-11-26(12-14-27)23(30)19-3-1-2-4-20(19)28(31)32/h1-10H,11-15H2,(H,25,29). The Morgan fingerprint density at radius 2 is 1.67 bits per heavy atom. The van der Waals surface area contributed by atoms with Crippen LogP contribution < -0.4 is 5.32 Å². The molecule has 10 nitrogen and oxygen atoms in total. The SMILES string of the molecule is O=C(NCc1ccc(S(=O)(=O)N2CCN(C(=O)c3ccccc3[N+](=O)[O-])CC2)s1)c1ccc(Cl)cc1. The summed E-state index contributed by atoms with van der Waals surface area (Å²) in [6.45, 7) is 0.517. The number of sulfonamides is 1. The Hall–Kier alpha value is -3.32. The van der Waals surface area contributed by atoms with Crippen molar-refractivity contribution in [2.24, 2.45) is 0 Å². The molecule has 1 aliphatic rings. The van der Waals surface area contributed by atoms with Gasteiger partial charge in [-0.3, -0.25) is 19.7 Å². The third kappa shape index (κ3) is 5.57. The Kier molecular flexibility index (Phi) is 7.69. The highest BCUT2D eigenvalue weighted by molar-refractivity contribution is 7.91. The molecule has 0 saturated carbocycles. The zero-order valence-electron chi connectivity index (χ0n) is 18.8. The molecule has 1 saturated heterocycles. The van der Waals surface area contributed by atoms with E-state index in [4.69, 9.17) is 11.6 Å². The fourth-order valence-corrected chi connectivity index (χ4v) is 6.70. The Morgan fingerprint density at radius 3 is 2.33 bits per heavy atom. The second kappa shape index (κ2) is 10.7. The highest BCUT2D eigenvalue weighted by Gasteiger charge is 2.33. The Bertz CT molecular complexity index is 1400. The molecule has 1 aromatic heterocycles. The lowest BCUT2D eigenvalue weighted by atomic mass is 10.1. The molecule has 188 valence electrons. The molecular weight excluding hydrogens is 528 g/mol. The van der Waals surface area contributed by atoms with E-state index in [9.17, 15) is 28.1 Å². The number of piperazine rings is 1. The summed E-state index contributed by atoms with van der Waals surface area (Å²) in [6, 6.07) is 15.3. The van der Waals surface area contributed by atoms with Crippen LogP contribution in [0.3, 0.4) is 0 Å². The van der Waals surface area contributed by atoms with Gasteiger partial charge in [0.2, 0.25) is 0 Å². The number of carbonyl (C=O) groups is 2. The lowest BCUT2D eigenvalue weighted by Crippen LogP contribution is -2.50. The summed E-state index contributed by atoms with van der Waals surface area (Å²) in [5, 5.41) is 14.5. The first-order valence-electron chi connectivity index (χ1n) is 10.8. The first kappa shape index (κ1) is 25.8. The first-order valence-corrected chi connectivity index (χ1v) is 13.5. The van der Waals surface area contributed by atoms with Gasteiger partial charge in [0.1, 0.15) is 9.77 Å². The third-order valence-electron chi connectivity index (χ3n) is 5.62. The van der Waals surface area contributed by atoms with Gasteiger partial charge in [0, 0.05) is 47.7 Å². The van der Waals surface area contributed by atoms with Crippen LogP contribution in [0.4, 0.5) is 5.69 Å². The van der Waals surface area contributed by atoms with E-state index in [1.165, 1.54) is 33.5 Å². The number of rotatable bonds is 7. The number of hydrogen-bond donors (Lipinski definition) is 1. The summed E-state index contributed by atoms with van der Waals surface area (Å²) in [7, 11) is -3.79. The van der Waals surface area contributed by atoms with E-state index < -0.39 is 20.9 Å². The summed E-state index contributed by atoms with van der Waals surface area (Å²) < 4.78 is 27.7. The lowest BCUT2D eigenvalue weighted by Gasteiger charge is -2.33. The Balaban J connectivity index is 1.36. The molecule has 36 heavy (non-hydrogen) atoms. The fourth-order valence-electron chi connectivity index (χ4n) is 3.71. The van der Waals surface area contributed by atoms with Gasteiger partial charge in [0.15, 0.2) is 0 Å². The van der Waals surface area contributed by atoms with Crippen molar-refractivity contribution in [3.05, 3.63) is 91.8 Å². The van der Waals surface area contributed by atoms with Gasteiger partial charge in [0.25, 0.3) is 27.5 Å². The predicted octanol–water partition coefficient (Wildman–Crippen LogP) is 3.39. The molecule has 2 heterocycles. The number of nitro benzene ring substituents is 1. The molecule has 4 rings (SSSR count). The second-order valence-corrected chi connectivity index (χ2v) is 11.7. The number of para-hydroxylation sites is 1. The number of carbonyl (C=O) groups excluding carboxylic acids is 2. The number of benzene rings is 2. The van der Waals surface area contributed by atoms with E-state index >= 15 is 0 Å². The Labute approximate surface area is 216 Å². The summed E-state index contributed by atoms with van der Waals surface area (Å²) in [6.07, 6.45) is 0. The van der Waals surface area contributed by atoms with E-state index in [1.807, 2.05) is 0 Å². The normalized spacial score (nSPS) is 14.4. The zero-order chi connectivity index (χ0) is 25.9. The van der Waals surface area contributed by atoms with Gasteiger partial charge in [0.05, 0.1) is 11.5 Å². The van der Waals surface area contributed by atoms with Crippen LogP contribution in [0.5, 0.6) is 0 Å². The van der Waals surface area contributed by atoms with Gasteiger partial charge in [-0.05, 0) is 42.5 Å². The lowest BCUT2D eigenvalue weighted by molar-refractivity contribution is -0.385. The van der Waals surface area contributed by atoms with Gasteiger partial charge < -0.3 is 10.2 Å². The molecule has 0 radical (unpaired) electrons. The number of nitrogens with one attached hydrogen (secondary N) is 1. The highest BCUT2D eigenvalue weighted by Crippen LogP contribution is 2.27. The minimum atomic E-state index is -3.79. The molecular formula is C23H21ClN4O6S2. The van der Waals surface area contributed by atoms with Crippen LogP contribution in [-0.4, -0.2) is 60.5 Å². The minimum Gasteiger partial charge on any atom is -0.347 e. The molecule has 2 amide bonds. The van der Waals surface area contributed by atoms with Crippen LogP contribution in [0.25, 0.3) is 0 Å². The van der Waals surface area contributed by atoms with Gasteiger partial charge >= 0.3 is 0 Å². The summed E-state index contributed by atoms with van der Waals surface area (Å²) in [5.74, 6) is -0.807. The van der Waals surface area contributed by atoms with Gasteiger partial charge in [-0.2, -0.15) is 4.31 Å². The number of thiophene rings is 1. The second-order valence-electron chi connectivity index (χ2n) is 7.88. The summed E-state index contributed by atoms with van der Waals surface area (Å²) in [4.78, 5) is 37.8. The fraction of sp³-hybridized carbons (Fsp3) is 0.217. The smallest absolute Gasteiger partial charge is 0.282 e. The molecule has 0 bridgehead atoms. The summed E-state index contributed by atoms with van der Waals surface area (Å²) >= 11 is 6.89. The third-order valence-corrected chi connectivity index (χ3v) is 9.32. The molecule has 1 aliphatic heterocycles. The molecule has 0 atom stereocenters. The molecule has 0 spiro atoms. The number of halogens is 1. The summed E-state index contributed by atoms with van der Waals surface area (Å²) in [5.41, 5.74) is 0.131. The molecule has 13 heteroatoms. The van der Waals surface area contributed by atoms with E-state index in [0.717, 1.165) is 11.3 Å². The average Bonchev–Trinajstić information content (AvgIpc) is 3.37. The van der Waals surface area contributed by atoms with Crippen LogP contribution in [0.1, 0.15) is 25.6 Å².